The third kappa shape index (κ3) is 2.66. The molecule has 0 bridgehead atoms. The molecule has 0 aromatic heterocycles. The zero-order valence-corrected chi connectivity index (χ0v) is 12.0. The molecule has 3 rings (SSSR count). The van der Waals surface area contributed by atoms with Crippen LogP contribution in [-0.2, 0) is 9.59 Å². The maximum Gasteiger partial charge on any atom is 0.282 e. The fraction of sp³-hybridized carbons (Fsp3) is 0. The molecule has 6 heteroatoms. The highest BCUT2D eigenvalue weighted by Crippen LogP contribution is 2.23. The molecule has 0 unspecified atom stereocenters. The van der Waals surface area contributed by atoms with Crippen LogP contribution in [0.25, 0.3) is 6.08 Å². The van der Waals surface area contributed by atoms with Crippen LogP contribution in [0, 0.1) is 0 Å². The highest BCUT2D eigenvalue weighted by atomic mass is 35.5. The van der Waals surface area contributed by atoms with Crippen LogP contribution in [-0.4, -0.2) is 16.9 Å². The lowest BCUT2D eigenvalue weighted by molar-refractivity contribution is -0.117. The van der Waals surface area contributed by atoms with Gasteiger partial charge in [-0.2, -0.15) is 0 Å². The molecular weight excluding hydrogens is 304 g/mol. The quantitative estimate of drug-likeness (QED) is 0.661. The summed E-state index contributed by atoms with van der Waals surface area (Å²) in [4.78, 5) is 24.4. The van der Waals surface area contributed by atoms with Crippen molar-refractivity contribution >= 4 is 35.2 Å². The Morgan fingerprint density at radius 1 is 1.00 bits per heavy atom. The number of hydrogen-bond donors (Lipinski definition) is 2. The summed E-state index contributed by atoms with van der Waals surface area (Å²) < 4.78 is 0. The standard InChI is InChI=1S/C16H11ClN2O3/c17-11-3-5-12(6-4-11)19-16(22)14(15(21)18-19)9-10-1-7-13(20)8-2-10/h1-9,20H,(H,18,21)/b14-9+. The zero-order chi connectivity index (χ0) is 15.7. The first-order valence-electron chi connectivity index (χ1n) is 6.46. The molecule has 2 aromatic carbocycles. The number of nitrogens with zero attached hydrogens (tertiary/aromatic N) is 1. The lowest BCUT2D eigenvalue weighted by atomic mass is 10.1. The number of hydrogen-bond acceptors (Lipinski definition) is 3. The van der Waals surface area contributed by atoms with E-state index in [9.17, 15) is 14.7 Å². The topological polar surface area (TPSA) is 69.6 Å². The first kappa shape index (κ1) is 14.2. The molecule has 2 aromatic rings. The van der Waals surface area contributed by atoms with E-state index in [4.69, 9.17) is 11.6 Å². The molecule has 0 aliphatic carbocycles. The minimum atomic E-state index is -0.479. The summed E-state index contributed by atoms with van der Waals surface area (Å²) in [6.07, 6.45) is 1.48. The molecule has 1 fully saturated rings. The second-order valence-electron chi connectivity index (χ2n) is 4.71. The van der Waals surface area contributed by atoms with Crippen LogP contribution in [0.15, 0.2) is 54.1 Å². The van der Waals surface area contributed by atoms with Crippen molar-refractivity contribution in [3.05, 3.63) is 64.7 Å². The molecule has 0 atom stereocenters. The van der Waals surface area contributed by atoms with E-state index in [2.05, 4.69) is 5.43 Å². The molecule has 0 saturated carbocycles. The molecule has 2 amide bonds. The number of amides is 2. The van der Waals surface area contributed by atoms with E-state index in [1.807, 2.05) is 0 Å². The lowest BCUT2D eigenvalue weighted by Crippen LogP contribution is -2.35. The van der Waals surface area contributed by atoms with E-state index in [0.29, 0.717) is 16.3 Å². The van der Waals surface area contributed by atoms with E-state index >= 15 is 0 Å². The largest absolute Gasteiger partial charge is 0.508 e. The third-order valence-corrected chi connectivity index (χ3v) is 3.43. The molecule has 110 valence electrons. The minimum Gasteiger partial charge on any atom is -0.508 e. The van der Waals surface area contributed by atoms with Crippen molar-refractivity contribution in [1.29, 1.82) is 0 Å². The molecule has 1 saturated heterocycles. The number of benzene rings is 2. The van der Waals surface area contributed by atoms with Crippen LogP contribution < -0.4 is 10.4 Å². The molecule has 2 N–H and O–H groups in total. The van der Waals surface area contributed by atoms with E-state index in [1.165, 1.54) is 23.2 Å². The SMILES string of the molecule is O=C1NN(c2ccc(Cl)cc2)C(=O)/C1=C/c1ccc(O)cc1. The van der Waals surface area contributed by atoms with Gasteiger partial charge in [0.1, 0.15) is 11.3 Å². The molecule has 0 spiro atoms. The number of rotatable bonds is 2. The van der Waals surface area contributed by atoms with Crippen LogP contribution in [0.5, 0.6) is 5.75 Å². The van der Waals surface area contributed by atoms with Crippen LogP contribution in [0.3, 0.4) is 0 Å². The third-order valence-electron chi connectivity index (χ3n) is 3.18. The summed E-state index contributed by atoms with van der Waals surface area (Å²) in [5, 5.41) is 11.0. The summed E-state index contributed by atoms with van der Waals surface area (Å²) in [7, 11) is 0. The number of phenols is 1. The smallest absolute Gasteiger partial charge is 0.282 e. The summed E-state index contributed by atoms with van der Waals surface area (Å²) in [6.45, 7) is 0. The highest BCUT2D eigenvalue weighted by Gasteiger charge is 2.34. The average molecular weight is 315 g/mol. The Kier molecular flexibility index (Phi) is 3.56. The average Bonchev–Trinajstić information content (AvgIpc) is 2.78. The van der Waals surface area contributed by atoms with Gasteiger partial charge in [-0.1, -0.05) is 23.7 Å². The second kappa shape index (κ2) is 5.54. The van der Waals surface area contributed by atoms with Crippen molar-refractivity contribution in [2.24, 2.45) is 0 Å². The molecule has 1 aliphatic heterocycles. The van der Waals surface area contributed by atoms with Gasteiger partial charge in [0.15, 0.2) is 0 Å². The van der Waals surface area contributed by atoms with Crippen LogP contribution in [0.2, 0.25) is 5.02 Å². The number of nitrogens with one attached hydrogen (secondary N) is 1. The Morgan fingerprint density at radius 3 is 2.27 bits per heavy atom. The maximum atomic E-state index is 12.4. The van der Waals surface area contributed by atoms with Crippen molar-refractivity contribution in [3.8, 4) is 5.75 Å². The Balaban J connectivity index is 1.91. The summed E-state index contributed by atoms with van der Waals surface area (Å²) in [5.41, 5.74) is 3.71. The fourth-order valence-corrected chi connectivity index (χ4v) is 2.19. The monoisotopic (exact) mass is 314 g/mol. The van der Waals surface area contributed by atoms with Gasteiger partial charge in [-0.15, -0.1) is 0 Å². The minimum absolute atomic E-state index is 0.0284. The number of hydrazine groups is 1. The summed E-state index contributed by atoms with van der Waals surface area (Å²) in [6, 6.07) is 12.8. The number of phenolic OH excluding ortho intramolecular Hbond substituents is 1. The van der Waals surface area contributed by atoms with Gasteiger partial charge in [0.05, 0.1) is 5.69 Å². The highest BCUT2D eigenvalue weighted by molar-refractivity contribution is 6.32. The van der Waals surface area contributed by atoms with Gasteiger partial charge >= 0.3 is 0 Å². The van der Waals surface area contributed by atoms with E-state index in [1.54, 1.807) is 36.4 Å². The summed E-state index contributed by atoms with van der Waals surface area (Å²) >= 11 is 5.81. The molecule has 22 heavy (non-hydrogen) atoms. The van der Waals surface area contributed by atoms with Gasteiger partial charge < -0.3 is 5.11 Å². The predicted octanol–water partition coefficient (Wildman–Crippen LogP) is 2.51. The van der Waals surface area contributed by atoms with E-state index in [0.717, 1.165) is 0 Å². The molecule has 5 nitrogen and oxygen atoms in total. The molecule has 1 aliphatic rings. The number of carbonyl (C=O) groups is 2. The first-order chi connectivity index (χ1) is 10.5. The van der Waals surface area contributed by atoms with Crippen LogP contribution >= 0.6 is 11.6 Å². The Labute approximate surface area is 131 Å². The maximum absolute atomic E-state index is 12.4. The van der Waals surface area contributed by atoms with Crippen molar-refractivity contribution in [2.45, 2.75) is 0 Å². The van der Waals surface area contributed by atoms with E-state index in [-0.39, 0.29) is 11.3 Å². The molecule has 0 radical (unpaired) electrons. The number of carbonyl (C=O) groups excluding carboxylic acids is 2. The Bertz CT molecular complexity index is 767. The molecule has 1 heterocycles. The zero-order valence-electron chi connectivity index (χ0n) is 11.3. The van der Waals surface area contributed by atoms with Gasteiger partial charge in [-0.3, -0.25) is 15.0 Å². The van der Waals surface area contributed by atoms with Crippen molar-refractivity contribution in [1.82, 2.24) is 5.43 Å². The normalized spacial score (nSPS) is 16.2. The fourth-order valence-electron chi connectivity index (χ4n) is 2.07. The van der Waals surface area contributed by atoms with Gasteiger partial charge in [0.25, 0.3) is 11.8 Å². The first-order valence-corrected chi connectivity index (χ1v) is 6.84. The van der Waals surface area contributed by atoms with Gasteiger partial charge in [-0.05, 0) is 48.0 Å². The van der Waals surface area contributed by atoms with Crippen LogP contribution in [0.1, 0.15) is 5.56 Å². The number of anilines is 1. The van der Waals surface area contributed by atoms with Gasteiger partial charge in [0.2, 0.25) is 0 Å². The second-order valence-corrected chi connectivity index (χ2v) is 5.14. The number of aromatic hydroxyl groups is 1. The van der Waals surface area contributed by atoms with E-state index < -0.39 is 11.8 Å². The van der Waals surface area contributed by atoms with Crippen molar-refractivity contribution in [3.63, 3.8) is 0 Å². The van der Waals surface area contributed by atoms with Crippen molar-refractivity contribution < 1.29 is 14.7 Å². The van der Waals surface area contributed by atoms with Crippen LogP contribution in [0.4, 0.5) is 5.69 Å². The van der Waals surface area contributed by atoms with Gasteiger partial charge in [0, 0.05) is 5.02 Å². The summed E-state index contributed by atoms with van der Waals surface area (Å²) in [5.74, 6) is -0.805. The lowest BCUT2D eigenvalue weighted by Gasteiger charge is -2.14. The predicted molar refractivity (Wildman–Crippen MR) is 83.2 cm³/mol. The van der Waals surface area contributed by atoms with Gasteiger partial charge in [-0.25, -0.2) is 5.01 Å². The number of halogens is 1. The van der Waals surface area contributed by atoms with Crippen molar-refractivity contribution in [2.75, 3.05) is 5.01 Å². The Hall–Kier alpha value is -2.79. The Morgan fingerprint density at radius 2 is 1.64 bits per heavy atom. The molecular formula is C16H11ClN2O3.